The van der Waals surface area contributed by atoms with Crippen molar-refractivity contribution < 1.29 is 14.6 Å². The Bertz CT molecular complexity index is 559. The first-order valence-corrected chi connectivity index (χ1v) is 19.9. The van der Waals surface area contributed by atoms with Gasteiger partial charge in [0.2, 0.25) is 0 Å². The molecule has 0 unspecified atom stereocenters. The van der Waals surface area contributed by atoms with E-state index in [1.165, 1.54) is 135 Å². The van der Waals surface area contributed by atoms with Gasteiger partial charge in [-0.05, 0) is 51.7 Å². The summed E-state index contributed by atoms with van der Waals surface area (Å²) in [5, 5.41) is 9.70. The number of esters is 1. The normalized spacial score (nSPS) is 11.7. The van der Waals surface area contributed by atoms with Crippen LogP contribution in [-0.4, -0.2) is 73.4 Å². The maximum Gasteiger partial charge on any atom is 0.305 e. The predicted molar refractivity (Wildman–Crippen MR) is 193 cm³/mol. The molecule has 1 N–H and O–H groups in total. The van der Waals surface area contributed by atoms with E-state index in [9.17, 15) is 9.90 Å². The third-order valence-electron chi connectivity index (χ3n) is 9.17. The fourth-order valence-corrected chi connectivity index (χ4v) is 6.13. The highest BCUT2D eigenvalue weighted by Gasteiger charge is 2.10. The molecule has 0 spiro atoms. The van der Waals surface area contributed by atoms with Crippen molar-refractivity contribution in [3.63, 3.8) is 0 Å². The summed E-state index contributed by atoms with van der Waals surface area (Å²) < 4.78 is 5.38. The highest BCUT2D eigenvalue weighted by Crippen LogP contribution is 2.13. The lowest BCUT2D eigenvalue weighted by molar-refractivity contribution is -0.143. The first-order valence-electron chi connectivity index (χ1n) is 19.9. The molecule has 0 bridgehead atoms. The Hall–Kier alpha value is -0.650. The Morgan fingerprint density at radius 3 is 1.18 bits per heavy atom. The van der Waals surface area contributed by atoms with E-state index < -0.39 is 0 Å². The molecule has 0 fully saturated rings. The van der Waals surface area contributed by atoms with Gasteiger partial charge in [-0.25, -0.2) is 0 Å². The van der Waals surface area contributed by atoms with Crippen LogP contribution >= 0.6 is 0 Å². The van der Waals surface area contributed by atoms with E-state index in [0.29, 0.717) is 13.0 Å². The molecular formula is C39H80N2O3. The zero-order valence-corrected chi connectivity index (χ0v) is 30.4. The number of unbranched alkanes of at least 4 members (excludes halogenated alkanes) is 22. The number of hydrogen-bond acceptors (Lipinski definition) is 5. The van der Waals surface area contributed by atoms with Crippen molar-refractivity contribution in [3.8, 4) is 0 Å². The quantitative estimate of drug-likeness (QED) is 0.0550. The molecular weight excluding hydrogens is 544 g/mol. The number of aliphatic hydroxyl groups excluding tert-OH is 1. The minimum Gasteiger partial charge on any atom is -0.466 e. The van der Waals surface area contributed by atoms with Gasteiger partial charge < -0.3 is 14.7 Å². The Morgan fingerprint density at radius 2 is 0.773 bits per heavy atom. The van der Waals surface area contributed by atoms with Gasteiger partial charge in [0.1, 0.15) is 0 Å². The molecule has 0 heterocycles. The lowest BCUT2D eigenvalue weighted by atomic mass is 10.1. The molecule has 44 heavy (non-hydrogen) atoms. The molecule has 5 nitrogen and oxygen atoms in total. The summed E-state index contributed by atoms with van der Waals surface area (Å²) in [5.41, 5.74) is 0. The van der Waals surface area contributed by atoms with Crippen LogP contribution in [0.2, 0.25) is 0 Å². The average Bonchev–Trinajstić information content (AvgIpc) is 3.02. The molecule has 0 aromatic heterocycles. The van der Waals surface area contributed by atoms with Crippen molar-refractivity contribution in [1.82, 2.24) is 9.80 Å². The first-order chi connectivity index (χ1) is 21.7. The smallest absolute Gasteiger partial charge is 0.305 e. The van der Waals surface area contributed by atoms with Crippen LogP contribution in [0, 0.1) is 0 Å². The van der Waals surface area contributed by atoms with Crippen molar-refractivity contribution in [2.24, 2.45) is 0 Å². The lowest BCUT2D eigenvalue weighted by Crippen LogP contribution is -2.38. The molecule has 0 saturated heterocycles. The summed E-state index contributed by atoms with van der Waals surface area (Å²) >= 11 is 0. The van der Waals surface area contributed by atoms with Crippen molar-refractivity contribution in [1.29, 1.82) is 0 Å². The molecule has 5 heteroatoms. The largest absolute Gasteiger partial charge is 0.466 e. The second kappa shape index (κ2) is 36.8. The monoisotopic (exact) mass is 625 g/mol. The number of hydrogen-bond donors (Lipinski definition) is 1. The molecule has 0 aliphatic heterocycles. The second-order valence-electron chi connectivity index (χ2n) is 13.5. The number of carbonyl (C=O) groups excluding carboxylic acids is 1. The number of nitrogens with zero attached hydrogens (tertiary/aromatic N) is 2. The minimum atomic E-state index is -0.0186. The molecule has 0 atom stereocenters. The SMILES string of the molecule is CCCCCCCCCCCCN(CCO)CCN(CCCCCCCCCCCC)CCCCCC(=O)OCCCCC. The number of aliphatic hydroxyl groups is 1. The molecule has 264 valence electrons. The Kier molecular flexibility index (Phi) is 36.3. The van der Waals surface area contributed by atoms with Gasteiger partial charge in [0.25, 0.3) is 0 Å². The van der Waals surface area contributed by atoms with E-state index in [-0.39, 0.29) is 12.6 Å². The van der Waals surface area contributed by atoms with Crippen LogP contribution < -0.4 is 0 Å². The highest BCUT2D eigenvalue weighted by molar-refractivity contribution is 5.69. The van der Waals surface area contributed by atoms with E-state index in [1.807, 2.05) is 0 Å². The zero-order chi connectivity index (χ0) is 32.2. The van der Waals surface area contributed by atoms with E-state index >= 15 is 0 Å². The molecule has 0 aliphatic carbocycles. The first kappa shape index (κ1) is 43.4. The summed E-state index contributed by atoms with van der Waals surface area (Å²) in [6.07, 6.45) is 34.5. The standard InChI is InChI=1S/C39H80N2O3/c1-4-7-10-12-14-16-18-20-22-26-31-40(32-28-24-25-30-39(43)44-38-29-9-6-3)34-35-41(36-37-42)33-27-23-21-19-17-15-13-11-8-5-2/h42H,4-38H2,1-3H3. The van der Waals surface area contributed by atoms with Gasteiger partial charge in [-0.15, -0.1) is 0 Å². The third kappa shape index (κ3) is 32.7. The van der Waals surface area contributed by atoms with Gasteiger partial charge in [0.05, 0.1) is 13.2 Å². The van der Waals surface area contributed by atoms with Crippen LogP contribution in [0.25, 0.3) is 0 Å². The van der Waals surface area contributed by atoms with Gasteiger partial charge in [0.15, 0.2) is 0 Å². The number of ether oxygens (including phenoxy) is 1. The van der Waals surface area contributed by atoms with Crippen LogP contribution in [0.4, 0.5) is 0 Å². The van der Waals surface area contributed by atoms with Gasteiger partial charge >= 0.3 is 5.97 Å². The van der Waals surface area contributed by atoms with Gasteiger partial charge in [-0.1, -0.05) is 156 Å². The topological polar surface area (TPSA) is 53.0 Å². The van der Waals surface area contributed by atoms with Crippen molar-refractivity contribution in [2.45, 2.75) is 194 Å². The van der Waals surface area contributed by atoms with Crippen LogP contribution in [-0.2, 0) is 9.53 Å². The molecule has 0 aromatic carbocycles. The molecule has 0 aliphatic rings. The van der Waals surface area contributed by atoms with Gasteiger partial charge in [0, 0.05) is 26.1 Å². The Balaban J connectivity index is 4.35. The number of rotatable bonds is 37. The molecule has 0 radical (unpaired) electrons. The second-order valence-corrected chi connectivity index (χ2v) is 13.5. The van der Waals surface area contributed by atoms with E-state index in [4.69, 9.17) is 4.74 Å². The van der Waals surface area contributed by atoms with E-state index in [0.717, 1.165) is 71.2 Å². The van der Waals surface area contributed by atoms with Crippen LogP contribution in [0.1, 0.15) is 194 Å². The van der Waals surface area contributed by atoms with Crippen LogP contribution in [0.3, 0.4) is 0 Å². The minimum absolute atomic E-state index is 0.0186. The fraction of sp³-hybridized carbons (Fsp3) is 0.974. The van der Waals surface area contributed by atoms with Crippen molar-refractivity contribution >= 4 is 5.97 Å². The molecule has 0 saturated carbocycles. The fourth-order valence-electron chi connectivity index (χ4n) is 6.13. The van der Waals surface area contributed by atoms with Crippen LogP contribution in [0.5, 0.6) is 0 Å². The predicted octanol–water partition coefficient (Wildman–Crippen LogP) is 10.7. The van der Waals surface area contributed by atoms with Crippen LogP contribution in [0.15, 0.2) is 0 Å². The van der Waals surface area contributed by atoms with E-state index in [2.05, 4.69) is 30.6 Å². The van der Waals surface area contributed by atoms with Gasteiger partial charge in [-0.3, -0.25) is 9.69 Å². The summed E-state index contributed by atoms with van der Waals surface area (Å²) in [7, 11) is 0. The maximum atomic E-state index is 12.0. The Morgan fingerprint density at radius 1 is 0.432 bits per heavy atom. The third-order valence-corrected chi connectivity index (χ3v) is 9.17. The number of carbonyl (C=O) groups is 1. The average molecular weight is 625 g/mol. The summed E-state index contributed by atoms with van der Waals surface area (Å²) in [5.74, 6) is -0.0186. The maximum absolute atomic E-state index is 12.0. The van der Waals surface area contributed by atoms with Crippen molar-refractivity contribution in [2.75, 3.05) is 52.5 Å². The van der Waals surface area contributed by atoms with E-state index in [1.54, 1.807) is 0 Å². The highest BCUT2D eigenvalue weighted by atomic mass is 16.5. The Labute approximate surface area is 276 Å². The summed E-state index contributed by atoms with van der Waals surface area (Å²) in [4.78, 5) is 17.2. The van der Waals surface area contributed by atoms with Gasteiger partial charge in [-0.2, -0.15) is 0 Å². The zero-order valence-electron chi connectivity index (χ0n) is 30.4. The van der Waals surface area contributed by atoms with Crippen molar-refractivity contribution in [3.05, 3.63) is 0 Å². The summed E-state index contributed by atoms with van der Waals surface area (Å²) in [6, 6.07) is 0. The molecule has 0 aromatic rings. The summed E-state index contributed by atoms with van der Waals surface area (Å²) in [6.45, 7) is 13.9. The molecule has 0 rings (SSSR count). The molecule has 0 amide bonds. The lowest BCUT2D eigenvalue weighted by Gasteiger charge is -2.27.